The molecule has 2 aromatic carbocycles. The zero-order valence-corrected chi connectivity index (χ0v) is 11.3. The average Bonchev–Trinajstić information content (AvgIpc) is 2.45. The minimum atomic E-state index is -0.607. The summed E-state index contributed by atoms with van der Waals surface area (Å²) in [6.07, 6.45) is 0. The van der Waals surface area contributed by atoms with Crippen LogP contribution in [-0.4, -0.2) is 4.92 Å². The van der Waals surface area contributed by atoms with Crippen LogP contribution in [0.5, 0.6) is 5.75 Å². The molecule has 0 heterocycles. The Balaban J connectivity index is 2.20. The lowest BCUT2D eigenvalue weighted by molar-refractivity contribution is -0.385. The normalized spacial score (nSPS) is 9.95. The van der Waals surface area contributed by atoms with E-state index in [1.165, 1.54) is 18.2 Å². The summed E-state index contributed by atoms with van der Waals surface area (Å²) in [7, 11) is 0. The van der Waals surface area contributed by atoms with Gasteiger partial charge in [-0.3, -0.25) is 10.1 Å². The highest BCUT2D eigenvalue weighted by molar-refractivity contribution is 6.31. The molecule has 0 atom stereocenters. The van der Waals surface area contributed by atoms with Crippen molar-refractivity contribution in [3.05, 3.63) is 68.5 Å². The Morgan fingerprint density at radius 2 is 2.10 bits per heavy atom. The number of nitro benzene ring substituents is 1. The maximum Gasteiger partial charge on any atom is 0.276 e. The van der Waals surface area contributed by atoms with E-state index in [0.29, 0.717) is 11.3 Å². The van der Waals surface area contributed by atoms with Crippen LogP contribution in [0.3, 0.4) is 0 Å². The third-order valence-corrected chi connectivity index (χ3v) is 3.01. The molecule has 21 heavy (non-hydrogen) atoms. The third-order valence-electron chi connectivity index (χ3n) is 2.69. The van der Waals surface area contributed by atoms with Crippen LogP contribution in [-0.2, 0) is 6.61 Å². The first-order chi connectivity index (χ1) is 10.0. The summed E-state index contributed by atoms with van der Waals surface area (Å²) in [5.74, 6) is -0.255. The van der Waals surface area contributed by atoms with Gasteiger partial charge in [-0.25, -0.2) is 4.39 Å². The highest BCUT2D eigenvalue weighted by Crippen LogP contribution is 2.25. The Hall–Kier alpha value is -2.65. The van der Waals surface area contributed by atoms with E-state index in [2.05, 4.69) is 0 Å². The fourth-order valence-corrected chi connectivity index (χ4v) is 1.90. The molecule has 5 nitrogen and oxygen atoms in total. The van der Waals surface area contributed by atoms with E-state index in [4.69, 9.17) is 21.6 Å². The van der Waals surface area contributed by atoms with Crippen LogP contribution in [0.1, 0.15) is 11.1 Å². The summed E-state index contributed by atoms with van der Waals surface area (Å²) >= 11 is 5.85. The molecule has 0 aliphatic carbocycles. The molecular formula is C14H8ClFN2O3. The number of nitro groups is 1. The number of benzene rings is 2. The van der Waals surface area contributed by atoms with Crippen molar-refractivity contribution in [3.63, 3.8) is 0 Å². The van der Waals surface area contributed by atoms with Crippen LogP contribution in [0, 0.1) is 27.3 Å². The number of hydrogen-bond donors (Lipinski definition) is 0. The Morgan fingerprint density at radius 3 is 2.71 bits per heavy atom. The van der Waals surface area contributed by atoms with E-state index in [0.717, 1.165) is 18.2 Å². The van der Waals surface area contributed by atoms with Crippen molar-refractivity contribution < 1.29 is 14.1 Å². The Kier molecular flexibility index (Phi) is 4.36. The first-order valence-corrected chi connectivity index (χ1v) is 6.14. The zero-order valence-electron chi connectivity index (χ0n) is 10.5. The van der Waals surface area contributed by atoms with Crippen molar-refractivity contribution in [3.8, 4) is 11.8 Å². The Labute approximate surface area is 124 Å². The fourth-order valence-electron chi connectivity index (χ4n) is 1.69. The molecule has 0 N–H and O–H groups in total. The molecule has 106 valence electrons. The summed E-state index contributed by atoms with van der Waals surface area (Å²) in [6, 6.07) is 9.44. The van der Waals surface area contributed by atoms with Crippen molar-refractivity contribution in [2.45, 2.75) is 6.61 Å². The molecular weight excluding hydrogens is 299 g/mol. The van der Waals surface area contributed by atoms with E-state index < -0.39 is 10.7 Å². The number of halogens is 2. The molecule has 2 aromatic rings. The highest BCUT2D eigenvalue weighted by atomic mass is 35.5. The Morgan fingerprint density at radius 1 is 1.33 bits per heavy atom. The quantitative estimate of drug-likeness (QED) is 0.635. The number of nitriles is 1. The van der Waals surface area contributed by atoms with E-state index >= 15 is 0 Å². The monoisotopic (exact) mass is 306 g/mol. The van der Waals surface area contributed by atoms with Gasteiger partial charge in [-0.05, 0) is 24.3 Å². The van der Waals surface area contributed by atoms with Gasteiger partial charge in [0, 0.05) is 12.1 Å². The molecule has 0 bridgehead atoms. The van der Waals surface area contributed by atoms with Crippen LogP contribution < -0.4 is 4.74 Å². The molecule has 0 amide bonds. The van der Waals surface area contributed by atoms with Crippen molar-refractivity contribution >= 4 is 17.3 Å². The van der Waals surface area contributed by atoms with Crippen LogP contribution in [0.25, 0.3) is 0 Å². The summed E-state index contributed by atoms with van der Waals surface area (Å²) in [5, 5.41) is 19.8. The lowest BCUT2D eigenvalue weighted by atomic mass is 10.2. The van der Waals surface area contributed by atoms with Crippen LogP contribution in [0.15, 0.2) is 36.4 Å². The van der Waals surface area contributed by atoms with Crippen molar-refractivity contribution in [2.24, 2.45) is 0 Å². The van der Waals surface area contributed by atoms with Gasteiger partial charge in [-0.15, -0.1) is 0 Å². The second-order valence-electron chi connectivity index (χ2n) is 4.07. The summed E-state index contributed by atoms with van der Waals surface area (Å²) in [5.41, 5.74) is 0.178. The molecule has 2 rings (SSSR count). The maximum absolute atomic E-state index is 13.2. The smallest absolute Gasteiger partial charge is 0.276 e. The minimum absolute atomic E-state index is 0.112. The second-order valence-corrected chi connectivity index (χ2v) is 4.48. The van der Waals surface area contributed by atoms with Gasteiger partial charge in [-0.1, -0.05) is 11.6 Å². The molecule has 0 spiro atoms. The van der Waals surface area contributed by atoms with E-state index in [1.54, 1.807) is 0 Å². The SMILES string of the molecule is N#Cc1ccc(OCc2cc(F)ccc2[N+](=O)[O-])cc1Cl. The lowest BCUT2D eigenvalue weighted by Gasteiger charge is -2.08. The molecule has 0 radical (unpaired) electrons. The van der Waals surface area contributed by atoms with Gasteiger partial charge in [0.1, 0.15) is 24.2 Å². The molecule has 0 aliphatic heterocycles. The van der Waals surface area contributed by atoms with Crippen molar-refractivity contribution in [1.29, 1.82) is 5.26 Å². The predicted octanol–water partition coefficient (Wildman–Crippen LogP) is 3.84. The molecule has 0 aromatic heterocycles. The number of ether oxygens (including phenoxy) is 1. The maximum atomic E-state index is 13.2. The zero-order chi connectivity index (χ0) is 15.4. The summed E-state index contributed by atoms with van der Waals surface area (Å²) in [6.45, 7) is -0.184. The third kappa shape index (κ3) is 3.46. The van der Waals surface area contributed by atoms with Gasteiger partial charge in [0.15, 0.2) is 0 Å². The Bertz CT molecular complexity index is 743. The van der Waals surface area contributed by atoms with Crippen LogP contribution in [0.4, 0.5) is 10.1 Å². The van der Waals surface area contributed by atoms with Gasteiger partial charge >= 0.3 is 0 Å². The molecule has 0 unspecified atom stereocenters. The van der Waals surface area contributed by atoms with E-state index in [-0.39, 0.29) is 22.9 Å². The van der Waals surface area contributed by atoms with Gasteiger partial charge in [0.2, 0.25) is 0 Å². The number of rotatable bonds is 4. The topological polar surface area (TPSA) is 76.2 Å². The average molecular weight is 307 g/mol. The lowest BCUT2D eigenvalue weighted by Crippen LogP contribution is -2.01. The van der Waals surface area contributed by atoms with Gasteiger partial charge in [-0.2, -0.15) is 5.26 Å². The highest BCUT2D eigenvalue weighted by Gasteiger charge is 2.15. The van der Waals surface area contributed by atoms with Crippen LogP contribution in [0.2, 0.25) is 5.02 Å². The largest absolute Gasteiger partial charge is 0.489 e. The molecule has 7 heteroatoms. The number of hydrogen-bond acceptors (Lipinski definition) is 4. The standard InChI is InChI=1S/C14H8ClFN2O3/c15-13-6-12(3-1-9(13)7-17)21-8-10-5-11(16)2-4-14(10)18(19)20/h1-6H,8H2. The molecule has 0 aliphatic rings. The minimum Gasteiger partial charge on any atom is -0.489 e. The molecule has 0 saturated carbocycles. The summed E-state index contributed by atoms with van der Waals surface area (Å²) < 4.78 is 18.5. The molecule has 0 saturated heterocycles. The van der Waals surface area contributed by atoms with Gasteiger partial charge in [0.05, 0.1) is 21.1 Å². The number of nitrogens with zero attached hydrogens (tertiary/aromatic N) is 2. The van der Waals surface area contributed by atoms with Crippen molar-refractivity contribution in [1.82, 2.24) is 0 Å². The van der Waals surface area contributed by atoms with Crippen molar-refractivity contribution in [2.75, 3.05) is 0 Å². The fraction of sp³-hybridized carbons (Fsp3) is 0.0714. The first-order valence-electron chi connectivity index (χ1n) is 5.76. The molecule has 0 fully saturated rings. The van der Waals surface area contributed by atoms with E-state index in [1.807, 2.05) is 6.07 Å². The van der Waals surface area contributed by atoms with E-state index in [9.17, 15) is 14.5 Å². The first kappa shape index (κ1) is 14.8. The van der Waals surface area contributed by atoms with Gasteiger partial charge < -0.3 is 4.74 Å². The van der Waals surface area contributed by atoms with Crippen LogP contribution >= 0.6 is 11.6 Å². The second kappa shape index (κ2) is 6.20. The summed E-state index contributed by atoms with van der Waals surface area (Å²) in [4.78, 5) is 10.2. The van der Waals surface area contributed by atoms with Gasteiger partial charge in [0.25, 0.3) is 5.69 Å². The predicted molar refractivity (Wildman–Crippen MR) is 73.6 cm³/mol.